The van der Waals surface area contributed by atoms with Crippen molar-refractivity contribution in [3.63, 3.8) is 0 Å². The average molecular weight is 458 g/mol. The summed E-state index contributed by atoms with van der Waals surface area (Å²) in [6.07, 6.45) is 0.807. The first-order valence-corrected chi connectivity index (χ1v) is 10.3. The van der Waals surface area contributed by atoms with E-state index >= 15 is 0 Å². The third kappa shape index (κ3) is 7.11. The van der Waals surface area contributed by atoms with Crippen LogP contribution >= 0.6 is 34.8 Å². The number of halogens is 3. The monoisotopic (exact) mass is 456 g/mol. The van der Waals surface area contributed by atoms with Crippen LogP contribution < -0.4 is 10.1 Å². The Morgan fingerprint density at radius 3 is 2.34 bits per heavy atom. The van der Waals surface area contributed by atoms with Gasteiger partial charge >= 0.3 is 0 Å². The standard InChI is InChI=1S/C21H23Cl3N2O3/c1-3-10-25-21(28)14(2)26(12-15-4-6-16(22)7-5-15)20(27)13-29-19-9-8-17(23)11-18(19)24/h4-9,11,14H,3,10,12-13H2,1-2H3,(H,25,28). The van der Waals surface area contributed by atoms with E-state index in [9.17, 15) is 9.59 Å². The predicted molar refractivity (Wildman–Crippen MR) is 117 cm³/mol. The molecule has 0 spiro atoms. The van der Waals surface area contributed by atoms with Gasteiger partial charge in [-0.1, -0.05) is 53.9 Å². The minimum Gasteiger partial charge on any atom is -0.482 e. The molecule has 2 aromatic rings. The molecule has 0 aliphatic carbocycles. The molecule has 0 saturated heterocycles. The van der Waals surface area contributed by atoms with E-state index in [2.05, 4.69) is 5.32 Å². The van der Waals surface area contributed by atoms with Crippen LogP contribution in [0.2, 0.25) is 15.1 Å². The highest BCUT2D eigenvalue weighted by Crippen LogP contribution is 2.27. The first kappa shape index (κ1) is 23.3. The lowest BCUT2D eigenvalue weighted by Gasteiger charge is -2.28. The Bertz CT molecular complexity index is 844. The van der Waals surface area contributed by atoms with Crippen molar-refractivity contribution < 1.29 is 14.3 Å². The molecule has 1 N–H and O–H groups in total. The molecule has 5 nitrogen and oxygen atoms in total. The van der Waals surface area contributed by atoms with Crippen molar-refractivity contribution in [2.45, 2.75) is 32.9 Å². The Morgan fingerprint density at radius 2 is 1.72 bits per heavy atom. The minimum atomic E-state index is -0.672. The number of carbonyl (C=O) groups is 2. The molecule has 0 aromatic heterocycles. The summed E-state index contributed by atoms with van der Waals surface area (Å²) >= 11 is 17.9. The number of nitrogens with zero attached hydrogens (tertiary/aromatic N) is 1. The van der Waals surface area contributed by atoms with Gasteiger partial charge in [0, 0.05) is 23.1 Å². The van der Waals surface area contributed by atoms with E-state index in [4.69, 9.17) is 39.5 Å². The number of hydrogen-bond acceptors (Lipinski definition) is 3. The molecule has 2 amide bonds. The van der Waals surface area contributed by atoms with Crippen LogP contribution in [0.15, 0.2) is 42.5 Å². The van der Waals surface area contributed by atoms with Crippen LogP contribution in [0.4, 0.5) is 0 Å². The summed E-state index contributed by atoms with van der Waals surface area (Å²) in [5, 5.41) is 4.20. The van der Waals surface area contributed by atoms with Crippen LogP contribution in [0.1, 0.15) is 25.8 Å². The van der Waals surface area contributed by atoms with Crippen LogP contribution in [-0.4, -0.2) is 35.9 Å². The molecule has 0 radical (unpaired) electrons. The van der Waals surface area contributed by atoms with E-state index in [-0.39, 0.29) is 25.0 Å². The lowest BCUT2D eigenvalue weighted by Crippen LogP contribution is -2.49. The number of carbonyl (C=O) groups excluding carboxylic acids is 2. The minimum absolute atomic E-state index is 0.223. The molecule has 2 rings (SSSR count). The summed E-state index contributed by atoms with van der Waals surface area (Å²) in [4.78, 5) is 26.8. The highest BCUT2D eigenvalue weighted by molar-refractivity contribution is 6.35. The zero-order valence-electron chi connectivity index (χ0n) is 16.3. The maximum Gasteiger partial charge on any atom is 0.261 e. The molecule has 0 aliphatic heterocycles. The van der Waals surface area contributed by atoms with Crippen molar-refractivity contribution in [1.29, 1.82) is 0 Å². The number of amides is 2. The third-order valence-corrected chi connectivity index (χ3v) is 5.01. The van der Waals surface area contributed by atoms with Crippen LogP contribution in [-0.2, 0) is 16.1 Å². The molecule has 2 aromatic carbocycles. The zero-order valence-corrected chi connectivity index (χ0v) is 18.5. The summed E-state index contributed by atoms with van der Waals surface area (Å²) in [5.74, 6) is -0.220. The molecule has 156 valence electrons. The van der Waals surface area contributed by atoms with Crippen molar-refractivity contribution in [2.75, 3.05) is 13.2 Å². The highest BCUT2D eigenvalue weighted by Gasteiger charge is 2.26. The lowest BCUT2D eigenvalue weighted by atomic mass is 10.1. The molecule has 1 atom stereocenters. The van der Waals surface area contributed by atoms with Gasteiger partial charge in [0.15, 0.2) is 6.61 Å². The van der Waals surface area contributed by atoms with Crippen LogP contribution in [0.25, 0.3) is 0 Å². The quantitative estimate of drug-likeness (QED) is 0.578. The SMILES string of the molecule is CCCNC(=O)C(C)N(Cc1ccc(Cl)cc1)C(=O)COc1ccc(Cl)cc1Cl. The summed E-state index contributed by atoms with van der Waals surface area (Å²) in [6.45, 7) is 4.18. The van der Waals surface area contributed by atoms with E-state index in [0.717, 1.165) is 12.0 Å². The number of ether oxygens (including phenoxy) is 1. The van der Waals surface area contributed by atoms with Gasteiger partial charge in [-0.2, -0.15) is 0 Å². The van der Waals surface area contributed by atoms with E-state index < -0.39 is 6.04 Å². The second-order valence-electron chi connectivity index (χ2n) is 6.48. The predicted octanol–water partition coefficient (Wildman–Crippen LogP) is 4.97. The van der Waals surface area contributed by atoms with Crippen LogP contribution in [0, 0.1) is 0 Å². The maximum atomic E-state index is 12.9. The number of nitrogens with one attached hydrogen (secondary N) is 1. The van der Waals surface area contributed by atoms with Gasteiger partial charge in [-0.05, 0) is 49.2 Å². The molecule has 0 bridgehead atoms. The molecule has 0 heterocycles. The molecular weight excluding hydrogens is 435 g/mol. The second-order valence-corrected chi connectivity index (χ2v) is 7.76. The maximum absolute atomic E-state index is 12.9. The summed E-state index contributed by atoms with van der Waals surface area (Å²) < 4.78 is 5.57. The van der Waals surface area contributed by atoms with Gasteiger partial charge in [-0.15, -0.1) is 0 Å². The van der Waals surface area contributed by atoms with Gasteiger partial charge in [0.1, 0.15) is 11.8 Å². The fourth-order valence-corrected chi connectivity index (χ4v) is 3.17. The molecule has 8 heteroatoms. The second kappa shape index (κ2) is 11.3. The highest BCUT2D eigenvalue weighted by atomic mass is 35.5. The Kier molecular flexibility index (Phi) is 9.08. The molecule has 0 aliphatic rings. The van der Waals surface area contributed by atoms with Crippen molar-refractivity contribution in [2.24, 2.45) is 0 Å². The lowest BCUT2D eigenvalue weighted by molar-refractivity contribution is -0.142. The summed E-state index contributed by atoms with van der Waals surface area (Å²) in [5.41, 5.74) is 0.849. The molecular formula is C21H23Cl3N2O3. The largest absolute Gasteiger partial charge is 0.482 e. The number of benzene rings is 2. The molecule has 1 unspecified atom stereocenters. The summed E-state index contributed by atoms with van der Waals surface area (Å²) in [7, 11) is 0. The smallest absolute Gasteiger partial charge is 0.261 e. The molecule has 0 fully saturated rings. The topological polar surface area (TPSA) is 58.6 Å². The fraction of sp³-hybridized carbons (Fsp3) is 0.333. The van der Waals surface area contributed by atoms with Gasteiger partial charge in [-0.25, -0.2) is 0 Å². The number of hydrogen-bond donors (Lipinski definition) is 1. The van der Waals surface area contributed by atoms with Gasteiger partial charge in [0.25, 0.3) is 5.91 Å². The van der Waals surface area contributed by atoms with Crippen molar-refractivity contribution >= 4 is 46.6 Å². The van der Waals surface area contributed by atoms with Gasteiger partial charge < -0.3 is 15.0 Å². The van der Waals surface area contributed by atoms with Crippen LogP contribution in [0.3, 0.4) is 0 Å². The van der Waals surface area contributed by atoms with E-state index in [1.807, 2.05) is 19.1 Å². The third-order valence-electron chi connectivity index (χ3n) is 4.23. The Morgan fingerprint density at radius 1 is 1.07 bits per heavy atom. The Balaban J connectivity index is 2.14. The van der Waals surface area contributed by atoms with Gasteiger partial charge in [-0.3, -0.25) is 9.59 Å². The first-order chi connectivity index (χ1) is 13.8. The molecule has 0 saturated carbocycles. The van der Waals surface area contributed by atoms with Gasteiger partial charge in [0.2, 0.25) is 5.91 Å². The normalized spacial score (nSPS) is 11.6. The summed E-state index contributed by atoms with van der Waals surface area (Å²) in [6, 6.07) is 11.2. The van der Waals surface area contributed by atoms with Crippen molar-refractivity contribution in [1.82, 2.24) is 10.2 Å². The van der Waals surface area contributed by atoms with E-state index in [1.165, 1.54) is 11.0 Å². The zero-order chi connectivity index (χ0) is 21.4. The first-order valence-electron chi connectivity index (χ1n) is 9.21. The average Bonchev–Trinajstić information content (AvgIpc) is 2.70. The van der Waals surface area contributed by atoms with Crippen LogP contribution in [0.5, 0.6) is 5.75 Å². The van der Waals surface area contributed by atoms with Crippen molar-refractivity contribution in [3.8, 4) is 5.75 Å². The fourth-order valence-electron chi connectivity index (χ4n) is 2.58. The Labute approximate surface area is 185 Å². The molecule has 29 heavy (non-hydrogen) atoms. The number of rotatable bonds is 9. The van der Waals surface area contributed by atoms with E-state index in [1.54, 1.807) is 31.2 Å². The van der Waals surface area contributed by atoms with Crippen molar-refractivity contribution in [3.05, 3.63) is 63.1 Å². The van der Waals surface area contributed by atoms with E-state index in [0.29, 0.717) is 27.4 Å². The Hall–Kier alpha value is -1.95. The van der Waals surface area contributed by atoms with Gasteiger partial charge in [0.05, 0.1) is 5.02 Å².